The van der Waals surface area contributed by atoms with Crippen molar-refractivity contribution in [2.24, 2.45) is 11.7 Å². The number of amides is 2. The van der Waals surface area contributed by atoms with E-state index in [4.69, 9.17) is 11.1 Å². The summed E-state index contributed by atoms with van der Waals surface area (Å²) in [5, 5.41) is 22.4. The Labute approximate surface area is 239 Å². The number of rotatable bonds is 10. The highest BCUT2D eigenvalue weighted by Crippen LogP contribution is 2.20. The summed E-state index contributed by atoms with van der Waals surface area (Å²) in [6, 6.07) is 17.5. The Morgan fingerprint density at radius 1 is 1.12 bits per heavy atom. The zero-order valence-electron chi connectivity index (χ0n) is 22.9. The first-order chi connectivity index (χ1) is 19.5. The lowest BCUT2D eigenvalue weighted by Gasteiger charge is -2.36. The molecule has 1 aliphatic rings. The molecule has 1 heterocycles. The molecule has 0 aliphatic carbocycles. The van der Waals surface area contributed by atoms with Gasteiger partial charge in [-0.2, -0.15) is 0 Å². The molecule has 0 aromatic heterocycles. The first-order valence-corrected chi connectivity index (χ1v) is 14.9. The molecule has 12 heteroatoms. The third-order valence-electron chi connectivity index (χ3n) is 7.26. The number of guanidine groups is 1. The number of benzene rings is 3. The van der Waals surface area contributed by atoms with Crippen molar-refractivity contribution in [2.75, 3.05) is 32.7 Å². The van der Waals surface area contributed by atoms with Gasteiger partial charge in [0.15, 0.2) is 5.96 Å². The number of nitrogens with one attached hydrogen (secondary N) is 3. The van der Waals surface area contributed by atoms with E-state index in [1.165, 1.54) is 25.1 Å². The standard InChI is InChI=1S/C29H36N6O5S/c1-20(36)35(18-21-7-6-14-34(17-21)29(30)31)19-24(33-28(38)26-10-4-5-11-27(26)37)16-32-41(39,40)25-13-12-22-8-2-3-9-23(22)15-25/h2-5,8-13,15,21,24,32,37H,6-7,14,16-19H2,1H3,(H3,30,31)(H,33,38)/t21-,24-/m1/s1. The summed E-state index contributed by atoms with van der Waals surface area (Å²) in [6.07, 6.45) is 1.67. The van der Waals surface area contributed by atoms with Crippen molar-refractivity contribution in [3.05, 3.63) is 72.3 Å². The van der Waals surface area contributed by atoms with Crippen LogP contribution >= 0.6 is 0 Å². The highest BCUT2D eigenvalue weighted by molar-refractivity contribution is 7.89. The van der Waals surface area contributed by atoms with Gasteiger partial charge in [0.05, 0.1) is 16.5 Å². The summed E-state index contributed by atoms with van der Waals surface area (Å²) >= 11 is 0. The van der Waals surface area contributed by atoms with Crippen molar-refractivity contribution in [3.8, 4) is 5.75 Å². The van der Waals surface area contributed by atoms with Crippen LogP contribution in [0.25, 0.3) is 10.8 Å². The lowest BCUT2D eigenvalue weighted by Crippen LogP contribution is -2.53. The van der Waals surface area contributed by atoms with E-state index in [-0.39, 0.29) is 47.1 Å². The molecule has 2 amide bonds. The molecule has 0 saturated carbocycles. The number of phenolic OH excluding ortho intramolecular Hbond substituents is 1. The van der Waals surface area contributed by atoms with Gasteiger partial charge in [-0.25, -0.2) is 13.1 Å². The smallest absolute Gasteiger partial charge is 0.255 e. The van der Waals surface area contributed by atoms with E-state index in [1.54, 1.807) is 34.1 Å². The number of likely N-dealkylation sites (tertiary alicyclic amines) is 1. The Hall–Kier alpha value is -4.16. The number of carbonyl (C=O) groups is 2. The topological polar surface area (TPSA) is 169 Å². The second-order valence-electron chi connectivity index (χ2n) is 10.3. The Balaban J connectivity index is 1.53. The first kappa shape index (κ1) is 29.8. The molecule has 0 spiro atoms. The second-order valence-corrected chi connectivity index (χ2v) is 12.1. The number of hydrogen-bond donors (Lipinski definition) is 5. The number of sulfonamides is 1. The summed E-state index contributed by atoms with van der Waals surface area (Å²) in [5.74, 6) is -0.998. The molecule has 3 aromatic carbocycles. The molecule has 2 atom stereocenters. The fourth-order valence-electron chi connectivity index (χ4n) is 5.06. The molecule has 1 aliphatic heterocycles. The molecular weight excluding hydrogens is 544 g/mol. The van der Waals surface area contributed by atoms with Crippen LogP contribution in [0, 0.1) is 11.3 Å². The normalized spacial score (nSPS) is 16.2. The summed E-state index contributed by atoms with van der Waals surface area (Å²) in [5.41, 5.74) is 5.71. The van der Waals surface area contributed by atoms with Crippen LogP contribution in [-0.2, 0) is 14.8 Å². The van der Waals surface area contributed by atoms with Gasteiger partial charge in [-0.05, 0) is 53.8 Å². The highest BCUT2D eigenvalue weighted by atomic mass is 32.2. The Morgan fingerprint density at radius 3 is 2.54 bits per heavy atom. The summed E-state index contributed by atoms with van der Waals surface area (Å²) in [6.45, 7) is 2.84. The number of hydrogen-bond acceptors (Lipinski definition) is 6. The van der Waals surface area contributed by atoms with Crippen molar-refractivity contribution in [2.45, 2.75) is 30.7 Å². The van der Waals surface area contributed by atoms with Crippen LogP contribution in [0.1, 0.15) is 30.1 Å². The van der Waals surface area contributed by atoms with Gasteiger partial charge in [0.2, 0.25) is 15.9 Å². The van der Waals surface area contributed by atoms with E-state index in [2.05, 4.69) is 10.0 Å². The van der Waals surface area contributed by atoms with Crippen molar-refractivity contribution < 1.29 is 23.1 Å². The molecule has 41 heavy (non-hydrogen) atoms. The van der Waals surface area contributed by atoms with Crippen molar-refractivity contribution in [3.63, 3.8) is 0 Å². The third kappa shape index (κ3) is 7.74. The predicted octanol–water partition coefficient (Wildman–Crippen LogP) is 2.08. The number of aromatic hydroxyl groups is 1. The maximum atomic E-state index is 13.2. The van der Waals surface area contributed by atoms with E-state index in [9.17, 15) is 23.1 Å². The lowest BCUT2D eigenvalue weighted by molar-refractivity contribution is -0.130. The maximum Gasteiger partial charge on any atom is 0.255 e. The van der Waals surface area contributed by atoms with E-state index < -0.39 is 22.0 Å². The van der Waals surface area contributed by atoms with Gasteiger partial charge in [0, 0.05) is 39.6 Å². The van der Waals surface area contributed by atoms with Gasteiger partial charge in [-0.1, -0.05) is 42.5 Å². The molecule has 4 rings (SSSR count). The lowest BCUT2D eigenvalue weighted by atomic mass is 9.97. The number of nitrogens with zero attached hydrogens (tertiary/aromatic N) is 2. The summed E-state index contributed by atoms with van der Waals surface area (Å²) in [7, 11) is -3.95. The van der Waals surface area contributed by atoms with E-state index >= 15 is 0 Å². The molecule has 0 unspecified atom stereocenters. The number of para-hydroxylation sites is 1. The molecule has 3 aromatic rings. The fraction of sp³-hybridized carbons (Fsp3) is 0.345. The van der Waals surface area contributed by atoms with Gasteiger partial charge in [0.1, 0.15) is 5.75 Å². The van der Waals surface area contributed by atoms with Crippen LogP contribution in [0.4, 0.5) is 0 Å². The van der Waals surface area contributed by atoms with E-state index in [1.807, 2.05) is 24.3 Å². The zero-order chi connectivity index (χ0) is 29.6. The highest BCUT2D eigenvalue weighted by Gasteiger charge is 2.27. The van der Waals surface area contributed by atoms with Crippen LogP contribution in [-0.4, -0.2) is 79.9 Å². The van der Waals surface area contributed by atoms with Crippen LogP contribution < -0.4 is 15.8 Å². The average Bonchev–Trinajstić information content (AvgIpc) is 2.95. The minimum absolute atomic E-state index is 0.0139. The maximum absolute atomic E-state index is 13.2. The number of carbonyl (C=O) groups excluding carboxylic acids is 2. The van der Waals surface area contributed by atoms with Crippen molar-refractivity contribution >= 4 is 38.6 Å². The molecule has 11 nitrogen and oxygen atoms in total. The minimum atomic E-state index is -3.95. The SMILES string of the molecule is CC(=O)N(C[C@@H]1CCCN(C(=N)N)C1)C[C@@H](CNS(=O)(=O)c1ccc2ccccc2c1)NC(=O)c1ccccc1O. The van der Waals surface area contributed by atoms with Crippen molar-refractivity contribution in [1.82, 2.24) is 19.8 Å². The van der Waals surface area contributed by atoms with Crippen LogP contribution in [0.3, 0.4) is 0 Å². The molecule has 1 fully saturated rings. The van der Waals surface area contributed by atoms with Gasteiger partial charge in [-0.3, -0.25) is 15.0 Å². The monoisotopic (exact) mass is 580 g/mol. The predicted molar refractivity (Wildman–Crippen MR) is 157 cm³/mol. The van der Waals surface area contributed by atoms with Crippen LogP contribution in [0.5, 0.6) is 5.75 Å². The summed E-state index contributed by atoms with van der Waals surface area (Å²) < 4.78 is 29.1. The third-order valence-corrected chi connectivity index (χ3v) is 8.68. The molecular formula is C29H36N6O5S. The zero-order valence-corrected chi connectivity index (χ0v) is 23.7. The number of phenols is 1. The molecule has 6 N–H and O–H groups in total. The van der Waals surface area contributed by atoms with E-state index in [0.29, 0.717) is 19.6 Å². The summed E-state index contributed by atoms with van der Waals surface area (Å²) in [4.78, 5) is 29.2. The Bertz CT molecular complexity index is 1530. The van der Waals surface area contributed by atoms with Crippen molar-refractivity contribution in [1.29, 1.82) is 5.41 Å². The Morgan fingerprint density at radius 2 is 1.83 bits per heavy atom. The van der Waals surface area contributed by atoms with Crippen LogP contribution in [0.15, 0.2) is 71.6 Å². The Kier molecular flexibility index (Phi) is 9.46. The molecule has 1 saturated heterocycles. The van der Waals surface area contributed by atoms with Gasteiger partial charge >= 0.3 is 0 Å². The number of piperidine rings is 1. The molecule has 0 bridgehead atoms. The average molecular weight is 581 g/mol. The van der Waals surface area contributed by atoms with Gasteiger partial charge in [-0.15, -0.1) is 0 Å². The van der Waals surface area contributed by atoms with Gasteiger partial charge in [0.25, 0.3) is 5.91 Å². The number of nitrogens with two attached hydrogens (primary N) is 1. The molecule has 0 radical (unpaired) electrons. The van der Waals surface area contributed by atoms with Gasteiger partial charge < -0.3 is 26.0 Å². The van der Waals surface area contributed by atoms with Crippen LogP contribution in [0.2, 0.25) is 0 Å². The number of fused-ring (bicyclic) bond motifs is 1. The first-order valence-electron chi connectivity index (χ1n) is 13.5. The molecule has 218 valence electrons. The van der Waals surface area contributed by atoms with E-state index in [0.717, 1.165) is 23.6 Å². The quantitative estimate of drug-likeness (QED) is 0.181. The fourth-order valence-corrected chi connectivity index (χ4v) is 6.18. The minimum Gasteiger partial charge on any atom is -0.507 e. The largest absolute Gasteiger partial charge is 0.507 e. The second kappa shape index (κ2) is 13.0.